The summed E-state index contributed by atoms with van der Waals surface area (Å²) in [5.74, 6) is 0.374. The average Bonchev–Trinajstić information content (AvgIpc) is 2.69. The van der Waals surface area contributed by atoms with Gasteiger partial charge in [0.25, 0.3) is 5.91 Å². The lowest BCUT2D eigenvalue weighted by atomic mass is 10.1. The standard InChI is InChI=1S/C19H30Br2N6O3/c20-14-10-13(11-15(21)17(14)30-9-5-6-22)12-16(27-29)18(28)25-7-3-1-2-4-8-26-19(23)24/h10-11,29H,1-9,12,22H2,(H,25,28)(H4,23,24,26)/b27-16-. The summed E-state index contributed by atoms with van der Waals surface area (Å²) >= 11 is 6.95. The Bertz CT molecular complexity index is 716. The van der Waals surface area contributed by atoms with E-state index >= 15 is 0 Å². The number of guanidine groups is 1. The number of hydrogen-bond acceptors (Lipinski definition) is 6. The van der Waals surface area contributed by atoms with Gasteiger partial charge in [-0.2, -0.15) is 0 Å². The van der Waals surface area contributed by atoms with E-state index in [1.807, 2.05) is 12.1 Å². The molecule has 0 saturated heterocycles. The smallest absolute Gasteiger partial charge is 0.269 e. The number of aliphatic imine (C=N–C) groups is 1. The summed E-state index contributed by atoms with van der Waals surface area (Å²) in [6.07, 6.45) is 4.55. The molecular formula is C19H30Br2N6O3. The molecule has 0 heterocycles. The fourth-order valence-electron chi connectivity index (χ4n) is 2.57. The highest BCUT2D eigenvalue weighted by Crippen LogP contribution is 2.35. The number of benzene rings is 1. The van der Waals surface area contributed by atoms with Crippen LogP contribution in [0.25, 0.3) is 0 Å². The number of amides is 1. The first-order valence-corrected chi connectivity index (χ1v) is 11.3. The first-order chi connectivity index (χ1) is 14.4. The van der Waals surface area contributed by atoms with Crippen LogP contribution in [0, 0.1) is 0 Å². The molecule has 0 saturated carbocycles. The topological polar surface area (TPSA) is 161 Å². The molecule has 9 nitrogen and oxygen atoms in total. The maximum atomic E-state index is 12.3. The summed E-state index contributed by atoms with van der Waals surface area (Å²) < 4.78 is 7.18. The highest BCUT2D eigenvalue weighted by molar-refractivity contribution is 9.11. The molecule has 0 atom stereocenters. The Morgan fingerprint density at radius 3 is 2.37 bits per heavy atom. The van der Waals surface area contributed by atoms with Crippen molar-refractivity contribution in [1.29, 1.82) is 0 Å². The van der Waals surface area contributed by atoms with Crippen LogP contribution < -0.4 is 27.3 Å². The van der Waals surface area contributed by atoms with Crippen LogP contribution in [-0.4, -0.2) is 49.0 Å². The summed E-state index contributed by atoms with van der Waals surface area (Å²) in [7, 11) is 0. The predicted octanol–water partition coefficient (Wildman–Crippen LogP) is 2.26. The number of ether oxygens (including phenoxy) is 1. The lowest BCUT2D eigenvalue weighted by Gasteiger charge is -2.12. The third-order valence-corrected chi connectivity index (χ3v) is 5.25. The fraction of sp³-hybridized carbons (Fsp3) is 0.526. The number of nitrogens with one attached hydrogen (secondary N) is 1. The third kappa shape index (κ3) is 10.3. The predicted molar refractivity (Wildman–Crippen MR) is 126 cm³/mol. The third-order valence-electron chi connectivity index (χ3n) is 4.07. The number of nitrogens with two attached hydrogens (primary N) is 3. The molecule has 0 bridgehead atoms. The lowest BCUT2D eigenvalue weighted by Crippen LogP contribution is -2.33. The van der Waals surface area contributed by atoms with Gasteiger partial charge >= 0.3 is 0 Å². The lowest BCUT2D eigenvalue weighted by molar-refractivity contribution is -0.115. The minimum absolute atomic E-state index is 0.0401. The van der Waals surface area contributed by atoms with E-state index in [1.54, 1.807) is 0 Å². The molecule has 0 aliphatic rings. The van der Waals surface area contributed by atoms with Crippen molar-refractivity contribution in [2.45, 2.75) is 38.5 Å². The van der Waals surface area contributed by atoms with Crippen molar-refractivity contribution in [2.24, 2.45) is 27.3 Å². The first-order valence-electron chi connectivity index (χ1n) is 9.74. The number of rotatable bonds is 14. The second-order valence-electron chi connectivity index (χ2n) is 6.58. The Hall–Kier alpha value is -1.85. The largest absolute Gasteiger partial charge is 0.491 e. The van der Waals surface area contributed by atoms with Crippen molar-refractivity contribution in [2.75, 3.05) is 26.2 Å². The molecule has 0 aromatic heterocycles. The van der Waals surface area contributed by atoms with Crippen LogP contribution in [0.15, 0.2) is 31.2 Å². The zero-order chi connectivity index (χ0) is 22.4. The summed E-state index contributed by atoms with van der Waals surface area (Å²) in [5.41, 5.74) is 16.8. The number of oxime groups is 1. The molecular weight excluding hydrogens is 520 g/mol. The normalized spacial score (nSPS) is 11.2. The zero-order valence-corrected chi connectivity index (χ0v) is 20.0. The molecule has 0 fully saturated rings. The average molecular weight is 550 g/mol. The van der Waals surface area contributed by atoms with E-state index in [0.29, 0.717) is 32.0 Å². The summed E-state index contributed by atoms with van der Waals surface area (Å²) in [6, 6.07) is 3.66. The first kappa shape index (κ1) is 26.2. The van der Waals surface area contributed by atoms with Gasteiger partial charge in [-0.3, -0.25) is 9.79 Å². The molecule has 8 N–H and O–H groups in total. The Balaban J connectivity index is 2.47. The van der Waals surface area contributed by atoms with Crippen LogP contribution in [0.5, 0.6) is 5.75 Å². The number of hydrogen-bond donors (Lipinski definition) is 5. The van der Waals surface area contributed by atoms with Gasteiger partial charge in [-0.1, -0.05) is 18.0 Å². The molecule has 1 amide bonds. The number of unbranched alkanes of at least 4 members (excludes halogenated alkanes) is 3. The quantitative estimate of drug-likeness (QED) is 0.0785. The van der Waals surface area contributed by atoms with E-state index in [1.165, 1.54) is 0 Å². The van der Waals surface area contributed by atoms with Gasteiger partial charge in [0.15, 0.2) is 5.96 Å². The number of nitrogens with zero attached hydrogens (tertiary/aromatic N) is 2. The minimum Gasteiger partial charge on any atom is -0.491 e. The molecule has 0 spiro atoms. The minimum atomic E-state index is -0.395. The Labute approximate surface area is 193 Å². The molecule has 0 aliphatic carbocycles. The Kier molecular flexibility index (Phi) is 13.1. The van der Waals surface area contributed by atoms with Gasteiger partial charge < -0.3 is 32.5 Å². The van der Waals surface area contributed by atoms with Crippen LogP contribution in [0.2, 0.25) is 0 Å². The highest BCUT2D eigenvalue weighted by atomic mass is 79.9. The maximum absolute atomic E-state index is 12.3. The van der Waals surface area contributed by atoms with E-state index in [4.69, 9.17) is 21.9 Å². The Morgan fingerprint density at radius 1 is 1.10 bits per heavy atom. The van der Waals surface area contributed by atoms with Gasteiger partial charge in [-0.25, -0.2) is 0 Å². The monoisotopic (exact) mass is 548 g/mol. The summed E-state index contributed by atoms with van der Waals surface area (Å²) in [5, 5.41) is 15.2. The fourth-order valence-corrected chi connectivity index (χ4v) is 4.08. The van der Waals surface area contributed by atoms with Gasteiger partial charge in [-0.05, 0) is 75.4 Å². The van der Waals surface area contributed by atoms with Gasteiger partial charge in [0.2, 0.25) is 0 Å². The van der Waals surface area contributed by atoms with E-state index in [-0.39, 0.29) is 18.1 Å². The van der Waals surface area contributed by atoms with Gasteiger partial charge in [0.1, 0.15) is 11.5 Å². The molecule has 0 radical (unpaired) electrons. The highest BCUT2D eigenvalue weighted by Gasteiger charge is 2.15. The zero-order valence-electron chi connectivity index (χ0n) is 16.9. The molecule has 168 valence electrons. The number of carbonyl (C=O) groups is 1. The molecule has 1 aromatic rings. The number of carbonyl (C=O) groups excluding carboxylic acids is 1. The maximum Gasteiger partial charge on any atom is 0.269 e. The SMILES string of the molecule is NCCCOc1c(Br)cc(C/C(=N/O)C(=O)NCCCCCCN=C(N)N)cc1Br. The van der Waals surface area contributed by atoms with Gasteiger partial charge in [-0.15, -0.1) is 0 Å². The van der Waals surface area contributed by atoms with Crippen molar-refractivity contribution < 1.29 is 14.7 Å². The van der Waals surface area contributed by atoms with Crippen LogP contribution in [-0.2, 0) is 11.2 Å². The van der Waals surface area contributed by atoms with Crippen molar-refractivity contribution in [3.63, 3.8) is 0 Å². The van der Waals surface area contributed by atoms with Gasteiger partial charge in [0, 0.05) is 19.5 Å². The van der Waals surface area contributed by atoms with Crippen molar-refractivity contribution in [3.8, 4) is 5.75 Å². The van der Waals surface area contributed by atoms with E-state index < -0.39 is 5.91 Å². The van der Waals surface area contributed by atoms with Crippen LogP contribution in [0.1, 0.15) is 37.7 Å². The summed E-state index contributed by atoms with van der Waals surface area (Å²) in [6.45, 7) is 2.17. The molecule has 11 heteroatoms. The van der Waals surface area contributed by atoms with Crippen molar-refractivity contribution >= 4 is 49.4 Å². The molecule has 1 rings (SSSR count). The van der Waals surface area contributed by atoms with E-state index in [9.17, 15) is 10.0 Å². The van der Waals surface area contributed by atoms with Crippen LogP contribution >= 0.6 is 31.9 Å². The molecule has 1 aromatic carbocycles. The van der Waals surface area contributed by atoms with Crippen molar-refractivity contribution in [3.05, 3.63) is 26.6 Å². The molecule has 0 unspecified atom stereocenters. The van der Waals surface area contributed by atoms with Crippen molar-refractivity contribution in [1.82, 2.24) is 5.32 Å². The van der Waals surface area contributed by atoms with Crippen LogP contribution in [0.3, 0.4) is 0 Å². The van der Waals surface area contributed by atoms with Gasteiger partial charge in [0.05, 0.1) is 15.6 Å². The summed E-state index contributed by atoms with van der Waals surface area (Å²) in [4.78, 5) is 16.2. The second-order valence-corrected chi connectivity index (χ2v) is 8.29. The molecule has 30 heavy (non-hydrogen) atoms. The molecule has 0 aliphatic heterocycles. The van der Waals surface area contributed by atoms with E-state index in [0.717, 1.165) is 46.6 Å². The Morgan fingerprint density at radius 2 is 1.77 bits per heavy atom. The second kappa shape index (κ2) is 15.0. The van der Waals surface area contributed by atoms with Crippen LogP contribution in [0.4, 0.5) is 0 Å². The van der Waals surface area contributed by atoms with E-state index in [2.05, 4.69) is 47.3 Å². The number of halogens is 2.